The lowest BCUT2D eigenvalue weighted by atomic mass is 10.1. The van der Waals surface area contributed by atoms with Crippen molar-refractivity contribution < 1.29 is 5.11 Å². The van der Waals surface area contributed by atoms with Gasteiger partial charge in [-0.15, -0.1) is 0 Å². The van der Waals surface area contributed by atoms with Crippen LogP contribution in [0.5, 0.6) is 0 Å². The maximum Gasteiger partial charge on any atom is 0.233 e. The van der Waals surface area contributed by atoms with E-state index in [0.717, 1.165) is 25.2 Å². The highest BCUT2D eigenvalue weighted by Crippen LogP contribution is 2.18. The average Bonchev–Trinajstić information content (AvgIpc) is 3.28. The molecule has 1 atom stereocenters. The van der Waals surface area contributed by atoms with Crippen molar-refractivity contribution in [1.82, 2.24) is 19.4 Å². The Morgan fingerprint density at radius 1 is 1.21 bits per heavy atom. The van der Waals surface area contributed by atoms with Gasteiger partial charge in [-0.1, -0.05) is 6.92 Å². The Morgan fingerprint density at radius 3 is 2.71 bits per heavy atom. The molecule has 0 radical (unpaired) electrons. The van der Waals surface area contributed by atoms with Gasteiger partial charge in [-0.25, -0.2) is 9.97 Å². The van der Waals surface area contributed by atoms with Crippen LogP contribution in [-0.2, 0) is 13.1 Å². The van der Waals surface area contributed by atoms with E-state index in [0.29, 0.717) is 5.95 Å². The maximum atomic E-state index is 9.77. The molecule has 0 bridgehead atoms. The summed E-state index contributed by atoms with van der Waals surface area (Å²) in [5.41, 5.74) is 2.39. The molecular formula is C18H22N4OS. The molecule has 3 aromatic heterocycles. The summed E-state index contributed by atoms with van der Waals surface area (Å²) < 4.78 is 2.00. The summed E-state index contributed by atoms with van der Waals surface area (Å²) >= 11 is 1.70. The molecule has 0 aliphatic carbocycles. The Hall–Kier alpha value is -2.02. The minimum atomic E-state index is 0.130. The van der Waals surface area contributed by atoms with Crippen LogP contribution in [0.4, 0.5) is 0 Å². The van der Waals surface area contributed by atoms with Crippen LogP contribution in [0, 0.1) is 0 Å². The molecule has 3 rings (SSSR count). The first kappa shape index (κ1) is 16.8. The Morgan fingerprint density at radius 2 is 2.04 bits per heavy atom. The fourth-order valence-electron chi connectivity index (χ4n) is 2.80. The number of aliphatic hydroxyl groups is 1. The van der Waals surface area contributed by atoms with Crippen LogP contribution in [0.3, 0.4) is 0 Å². The van der Waals surface area contributed by atoms with Gasteiger partial charge in [0.25, 0.3) is 0 Å². The van der Waals surface area contributed by atoms with E-state index in [9.17, 15) is 5.11 Å². The predicted molar refractivity (Wildman–Crippen MR) is 96.1 cm³/mol. The maximum absolute atomic E-state index is 9.77. The van der Waals surface area contributed by atoms with Gasteiger partial charge in [0.15, 0.2) is 0 Å². The van der Waals surface area contributed by atoms with Gasteiger partial charge in [0, 0.05) is 43.4 Å². The minimum Gasteiger partial charge on any atom is -0.395 e. The molecule has 3 aromatic rings. The highest BCUT2D eigenvalue weighted by molar-refractivity contribution is 7.07. The Labute approximate surface area is 146 Å². The third kappa shape index (κ3) is 3.90. The second-order valence-electron chi connectivity index (χ2n) is 5.70. The highest BCUT2D eigenvalue weighted by atomic mass is 32.1. The number of aliphatic hydroxyl groups excluding tert-OH is 1. The zero-order valence-corrected chi connectivity index (χ0v) is 14.6. The minimum absolute atomic E-state index is 0.130. The number of aromatic nitrogens is 3. The largest absolute Gasteiger partial charge is 0.395 e. The van der Waals surface area contributed by atoms with Crippen molar-refractivity contribution in [2.75, 3.05) is 6.61 Å². The topological polar surface area (TPSA) is 54.2 Å². The molecule has 1 N–H and O–H groups in total. The van der Waals surface area contributed by atoms with Crippen molar-refractivity contribution in [2.24, 2.45) is 0 Å². The third-order valence-corrected chi connectivity index (χ3v) is 4.86. The van der Waals surface area contributed by atoms with E-state index < -0.39 is 0 Å². The van der Waals surface area contributed by atoms with Gasteiger partial charge in [-0.2, -0.15) is 11.3 Å². The first-order valence-electron chi connectivity index (χ1n) is 8.11. The molecule has 0 unspecified atom stereocenters. The van der Waals surface area contributed by atoms with Gasteiger partial charge in [0.1, 0.15) is 0 Å². The summed E-state index contributed by atoms with van der Waals surface area (Å²) in [6.07, 6.45) is 6.38. The van der Waals surface area contributed by atoms with Crippen molar-refractivity contribution >= 4 is 11.3 Å². The lowest BCUT2D eigenvalue weighted by Crippen LogP contribution is -2.37. The quantitative estimate of drug-likeness (QED) is 0.683. The van der Waals surface area contributed by atoms with Crippen molar-refractivity contribution in [3.05, 3.63) is 64.9 Å². The van der Waals surface area contributed by atoms with Crippen LogP contribution in [0.2, 0.25) is 0 Å². The number of thiophene rings is 1. The van der Waals surface area contributed by atoms with Gasteiger partial charge in [-0.3, -0.25) is 9.47 Å². The molecule has 5 nitrogen and oxygen atoms in total. The van der Waals surface area contributed by atoms with Gasteiger partial charge in [0.05, 0.1) is 6.61 Å². The SMILES string of the molecule is CC[C@@H](CO)N(Cc1ccsc1)Cc1cccn1-c1ncccn1. The molecular weight excluding hydrogens is 320 g/mol. The molecule has 0 amide bonds. The Bertz CT molecular complexity index is 723. The zero-order chi connectivity index (χ0) is 16.8. The second kappa shape index (κ2) is 8.19. The van der Waals surface area contributed by atoms with Gasteiger partial charge >= 0.3 is 0 Å². The van der Waals surface area contributed by atoms with Gasteiger partial charge in [-0.05, 0) is 47.0 Å². The average molecular weight is 342 g/mol. The monoisotopic (exact) mass is 342 g/mol. The number of rotatable bonds is 8. The fourth-order valence-corrected chi connectivity index (χ4v) is 3.46. The first-order chi connectivity index (χ1) is 11.8. The standard InChI is InChI=1S/C18H22N4OS/c1-2-16(13-23)21(11-15-6-10-24-14-15)12-17-5-3-9-22(17)18-19-7-4-8-20-18/h3-10,14,16,23H,2,11-13H2,1H3/t16-/m0/s1. The number of hydrogen-bond donors (Lipinski definition) is 1. The van der Waals surface area contributed by atoms with Crippen molar-refractivity contribution in [1.29, 1.82) is 0 Å². The van der Waals surface area contributed by atoms with Gasteiger partial charge in [0.2, 0.25) is 5.95 Å². The van der Waals surface area contributed by atoms with Crippen molar-refractivity contribution in [3.8, 4) is 5.95 Å². The molecule has 3 heterocycles. The molecule has 0 saturated heterocycles. The summed E-state index contributed by atoms with van der Waals surface area (Å²) in [4.78, 5) is 11.0. The van der Waals surface area contributed by atoms with E-state index >= 15 is 0 Å². The fraction of sp³-hybridized carbons (Fsp3) is 0.333. The molecule has 0 fully saturated rings. The summed E-state index contributed by atoms with van der Waals surface area (Å²) in [5.74, 6) is 0.671. The Kier molecular flexibility index (Phi) is 5.74. The van der Waals surface area contributed by atoms with Crippen LogP contribution in [-0.4, -0.2) is 37.2 Å². The molecule has 0 aliphatic rings. The molecule has 126 valence electrons. The molecule has 24 heavy (non-hydrogen) atoms. The van der Waals surface area contributed by atoms with Crippen LogP contribution in [0.15, 0.2) is 53.6 Å². The van der Waals surface area contributed by atoms with E-state index in [2.05, 4.69) is 44.7 Å². The Balaban J connectivity index is 1.84. The first-order valence-corrected chi connectivity index (χ1v) is 9.05. The van der Waals surface area contributed by atoms with Gasteiger partial charge < -0.3 is 5.11 Å². The van der Waals surface area contributed by atoms with E-state index in [1.165, 1.54) is 5.56 Å². The van der Waals surface area contributed by atoms with E-state index in [1.54, 1.807) is 23.7 Å². The lowest BCUT2D eigenvalue weighted by Gasteiger charge is -2.29. The normalized spacial score (nSPS) is 12.6. The molecule has 0 saturated carbocycles. The van der Waals surface area contributed by atoms with Crippen molar-refractivity contribution in [2.45, 2.75) is 32.5 Å². The second-order valence-corrected chi connectivity index (χ2v) is 6.48. The van der Waals surface area contributed by atoms with E-state index in [4.69, 9.17) is 0 Å². The van der Waals surface area contributed by atoms with Crippen molar-refractivity contribution in [3.63, 3.8) is 0 Å². The number of nitrogens with zero attached hydrogens (tertiary/aromatic N) is 4. The van der Waals surface area contributed by atoms with E-state index in [-0.39, 0.29) is 12.6 Å². The smallest absolute Gasteiger partial charge is 0.233 e. The molecule has 6 heteroatoms. The zero-order valence-electron chi connectivity index (χ0n) is 13.7. The molecule has 0 spiro atoms. The summed E-state index contributed by atoms with van der Waals surface area (Å²) in [7, 11) is 0. The van der Waals surface area contributed by atoms with Crippen LogP contribution in [0.25, 0.3) is 5.95 Å². The summed E-state index contributed by atoms with van der Waals surface area (Å²) in [6, 6.07) is 8.18. The van der Waals surface area contributed by atoms with Crippen LogP contribution >= 0.6 is 11.3 Å². The predicted octanol–water partition coefficient (Wildman–Crippen LogP) is 3.10. The molecule has 0 aromatic carbocycles. The highest BCUT2D eigenvalue weighted by Gasteiger charge is 2.19. The third-order valence-electron chi connectivity index (χ3n) is 4.13. The lowest BCUT2D eigenvalue weighted by molar-refractivity contribution is 0.105. The summed E-state index contributed by atoms with van der Waals surface area (Å²) in [6.45, 7) is 3.83. The van der Waals surface area contributed by atoms with Crippen LogP contribution in [0.1, 0.15) is 24.6 Å². The number of hydrogen-bond acceptors (Lipinski definition) is 5. The molecule has 0 aliphatic heterocycles. The summed E-state index contributed by atoms with van der Waals surface area (Å²) in [5, 5.41) is 14.0. The van der Waals surface area contributed by atoms with Crippen LogP contribution < -0.4 is 0 Å². The van der Waals surface area contributed by atoms with E-state index in [1.807, 2.05) is 22.9 Å².